The fraction of sp³-hybridized carbons (Fsp3) is 0.0500. The van der Waals surface area contributed by atoms with Crippen LogP contribution in [0.2, 0.25) is 0 Å². The molecule has 5 heteroatoms. The number of aromatic nitrogens is 3. The Bertz CT molecular complexity index is 1020. The Hall–Kier alpha value is -3.47. The Morgan fingerprint density at radius 1 is 1.04 bits per heavy atom. The molecule has 5 nitrogen and oxygen atoms in total. The van der Waals surface area contributed by atoms with E-state index in [1.807, 2.05) is 65.4 Å². The van der Waals surface area contributed by atoms with E-state index >= 15 is 0 Å². The van der Waals surface area contributed by atoms with Gasteiger partial charge in [-0.25, -0.2) is 9.97 Å². The summed E-state index contributed by atoms with van der Waals surface area (Å²) in [6, 6.07) is 19.2. The molecule has 25 heavy (non-hydrogen) atoms. The number of para-hydroxylation sites is 1. The van der Waals surface area contributed by atoms with Crippen LogP contribution in [0.25, 0.3) is 10.9 Å². The van der Waals surface area contributed by atoms with Gasteiger partial charge in [0.25, 0.3) is 5.91 Å². The van der Waals surface area contributed by atoms with Crippen LogP contribution in [0.4, 0.5) is 5.69 Å². The second-order valence-corrected chi connectivity index (χ2v) is 5.78. The van der Waals surface area contributed by atoms with Crippen molar-refractivity contribution in [1.29, 1.82) is 0 Å². The quantitative estimate of drug-likeness (QED) is 0.621. The fourth-order valence-corrected chi connectivity index (χ4v) is 2.73. The maximum Gasteiger partial charge on any atom is 0.274 e. The lowest BCUT2D eigenvalue weighted by molar-refractivity contribution is 0.102. The largest absolute Gasteiger partial charge is 0.333 e. The lowest BCUT2D eigenvalue weighted by atomic mass is 10.2. The molecule has 0 aliphatic carbocycles. The van der Waals surface area contributed by atoms with Crippen LogP contribution < -0.4 is 5.32 Å². The molecule has 0 aliphatic heterocycles. The average molecular weight is 328 g/mol. The zero-order chi connectivity index (χ0) is 17.1. The highest BCUT2D eigenvalue weighted by Gasteiger charge is 2.09. The number of imidazole rings is 1. The Morgan fingerprint density at radius 2 is 1.96 bits per heavy atom. The standard InChI is InChI=1S/C20H16N4O/c25-20(19-9-8-16-5-1-2-7-18(16)23-19)22-17-6-3-4-15(12-17)13-24-11-10-21-14-24/h1-12,14H,13H2,(H,22,25). The third kappa shape index (κ3) is 3.40. The van der Waals surface area contributed by atoms with Crippen LogP contribution in [0.1, 0.15) is 16.1 Å². The van der Waals surface area contributed by atoms with Crippen molar-refractivity contribution >= 4 is 22.5 Å². The molecule has 1 amide bonds. The summed E-state index contributed by atoms with van der Waals surface area (Å²) >= 11 is 0. The first-order valence-corrected chi connectivity index (χ1v) is 8.00. The Kier molecular flexibility index (Phi) is 3.96. The summed E-state index contributed by atoms with van der Waals surface area (Å²) < 4.78 is 1.98. The number of nitrogens with one attached hydrogen (secondary N) is 1. The van der Waals surface area contributed by atoms with Gasteiger partial charge in [-0.15, -0.1) is 0 Å². The number of fused-ring (bicyclic) bond motifs is 1. The predicted molar refractivity (Wildman–Crippen MR) is 97.5 cm³/mol. The van der Waals surface area contributed by atoms with Gasteiger partial charge in [-0.2, -0.15) is 0 Å². The molecule has 4 aromatic rings. The number of amides is 1. The average Bonchev–Trinajstić information content (AvgIpc) is 3.14. The highest BCUT2D eigenvalue weighted by atomic mass is 16.1. The van der Waals surface area contributed by atoms with E-state index in [2.05, 4.69) is 15.3 Å². The minimum Gasteiger partial charge on any atom is -0.333 e. The highest BCUT2D eigenvalue weighted by Crippen LogP contribution is 2.15. The normalized spacial score (nSPS) is 10.7. The number of carbonyl (C=O) groups excluding carboxylic acids is 1. The number of benzene rings is 2. The molecule has 0 saturated carbocycles. The van der Waals surface area contributed by atoms with Crippen molar-refractivity contribution in [3.05, 3.63) is 90.6 Å². The lowest BCUT2D eigenvalue weighted by Gasteiger charge is -2.08. The molecular formula is C20H16N4O. The van der Waals surface area contributed by atoms with Gasteiger partial charge in [0, 0.05) is 30.0 Å². The third-order valence-corrected chi connectivity index (χ3v) is 3.94. The summed E-state index contributed by atoms with van der Waals surface area (Å²) in [7, 11) is 0. The molecule has 0 unspecified atom stereocenters. The van der Waals surface area contributed by atoms with Gasteiger partial charge >= 0.3 is 0 Å². The van der Waals surface area contributed by atoms with Gasteiger partial charge in [0.15, 0.2) is 0 Å². The molecule has 2 aromatic carbocycles. The second-order valence-electron chi connectivity index (χ2n) is 5.78. The zero-order valence-corrected chi connectivity index (χ0v) is 13.5. The number of pyridine rings is 1. The van der Waals surface area contributed by atoms with Crippen molar-refractivity contribution in [2.45, 2.75) is 6.54 Å². The molecule has 0 bridgehead atoms. The summed E-state index contributed by atoms with van der Waals surface area (Å²) in [5.41, 5.74) is 3.04. The maximum absolute atomic E-state index is 12.5. The van der Waals surface area contributed by atoms with E-state index in [0.717, 1.165) is 22.2 Å². The first-order valence-electron chi connectivity index (χ1n) is 8.00. The molecular weight excluding hydrogens is 312 g/mol. The summed E-state index contributed by atoms with van der Waals surface area (Å²) in [6.07, 6.45) is 5.42. The first-order chi connectivity index (χ1) is 12.3. The summed E-state index contributed by atoms with van der Waals surface area (Å²) in [6.45, 7) is 0.706. The number of carbonyl (C=O) groups is 1. The van der Waals surface area contributed by atoms with Crippen LogP contribution in [0.5, 0.6) is 0 Å². The molecule has 0 aliphatic rings. The van der Waals surface area contributed by atoms with Gasteiger partial charge in [-0.1, -0.05) is 36.4 Å². The number of rotatable bonds is 4. The van der Waals surface area contributed by atoms with Crippen LogP contribution in [0, 0.1) is 0 Å². The summed E-state index contributed by atoms with van der Waals surface area (Å²) in [4.78, 5) is 21.0. The molecule has 122 valence electrons. The Labute approximate surface area is 145 Å². The zero-order valence-electron chi connectivity index (χ0n) is 13.5. The molecule has 0 spiro atoms. The summed E-state index contributed by atoms with van der Waals surface area (Å²) in [5, 5.41) is 3.93. The van der Waals surface area contributed by atoms with Gasteiger partial charge in [-0.3, -0.25) is 4.79 Å². The van der Waals surface area contributed by atoms with Crippen molar-refractivity contribution in [1.82, 2.24) is 14.5 Å². The summed E-state index contributed by atoms with van der Waals surface area (Å²) in [5.74, 6) is -0.217. The van der Waals surface area contributed by atoms with Crippen molar-refractivity contribution in [2.75, 3.05) is 5.32 Å². The molecule has 2 heterocycles. The van der Waals surface area contributed by atoms with E-state index in [1.54, 1.807) is 18.6 Å². The smallest absolute Gasteiger partial charge is 0.274 e. The van der Waals surface area contributed by atoms with Crippen LogP contribution in [0.3, 0.4) is 0 Å². The van der Waals surface area contributed by atoms with E-state index in [1.165, 1.54) is 0 Å². The maximum atomic E-state index is 12.5. The van der Waals surface area contributed by atoms with Crippen molar-refractivity contribution in [2.24, 2.45) is 0 Å². The monoisotopic (exact) mass is 328 g/mol. The highest BCUT2D eigenvalue weighted by molar-refractivity contribution is 6.04. The Morgan fingerprint density at radius 3 is 2.84 bits per heavy atom. The lowest BCUT2D eigenvalue weighted by Crippen LogP contribution is -2.13. The van der Waals surface area contributed by atoms with Crippen LogP contribution in [-0.2, 0) is 6.54 Å². The van der Waals surface area contributed by atoms with E-state index in [-0.39, 0.29) is 5.91 Å². The molecule has 1 N–H and O–H groups in total. The minimum absolute atomic E-state index is 0.217. The third-order valence-electron chi connectivity index (χ3n) is 3.94. The molecule has 4 rings (SSSR count). The predicted octanol–water partition coefficient (Wildman–Crippen LogP) is 3.73. The number of nitrogens with zero attached hydrogens (tertiary/aromatic N) is 3. The topological polar surface area (TPSA) is 59.8 Å². The fourth-order valence-electron chi connectivity index (χ4n) is 2.73. The van der Waals surface area contributed by atoms with E-state index in [9.17, 15) is 4.79 Å². The van der Waals surface area contributed by atoms with E-state index in [4.69, 9.17) is 0 Å². The Balaban J connectivity index is 1.53. The van der Waals surface area contributed by atoms with Crippen molar-refractivity contribution in [3.8, 4) is 0 Å². The second kappa shape index (κ2) is 6.57. The van der Waals surface area contributed by atoms with Gasteiger partial charge in [-0.05, 0) is 29.8 Å². The molecule has 2 aromatic heterocycles. The number of anilines is 1. The van der Waals surface area contributed by atoms with E-state index in [0.29, 0.717) is 12.2 Å². The molecule has 0 radical (unpaired) electrons. The van der Waals surface area contributed by atoms with Gasteiger partial charge in [0.1, 0.15) is 5.69 Å². The number of hydrogen-bond donors (Lipinski definition) is 1. The van der Waals surface area contributed by atoms with Crippen LogP contribution in [-0.4, -0.2) is 20.4 Å². The van der Waals surface area contributed by atoms with Gasteiger partial charge < -0.3 is 9.88 Å². The molecule has 0 fully saturated rings. The minimum atomic E-state index is -0.217. The first kappa shape index (κ1) is 15.1. The van der Waals surface area contributed by atoms with Crippen LogP contribution in [0.15, 0.2) is 79.4 Å². The van der Waals surface area contributed by atoms with Crippen molar-refractivity contribution in [3.63, 3.8) is 0 Å². The van der Waals surface area contributed by atoms with Crippen LogP contribution >= 0.6 is 0 Å². The van der Waals surface area contributed by atoms with Gasteiger partial charge in [0.2, 0.25) is 0 Å². The van der Waals surface area contributed by atoms with Gasteiger partial charge in [0.05, 0.1) is 11.8 Å². The SMILES string of the molecule is O=C(Nc1cccc(Cn2ccnc2)c1)c1ccc2ccccc2n1. The van der Waals surface area contributed by atoms with Crippen molar-refractivity contribution < 1.29 is 4.79 Å². The molecule has 0 saturated heterocycles. The van der Waals surface area contributed by atoms with E-state index < -0.39 is 0 Å². The number of hydrogen-bond acceptors (Lipinski definition) is 3. The molecule has 0 atom stereocenters.